The highest BCUT2D eigenvalue weighted by atomic mass is 79.9. The monoisotopic (exact) mass is 351 g/mol. The Labute approximate surface area is 130 Å². The Bertz CT molecular complexity index is 634. The number of hydrogen-bond donors (Lipinski definition) is 2. The molecule has 0 saturated heterocycles. The summed E-state index contributed by atoms with van der Waals surface area (Å²) in [5.74, 6) is 2.07. The van der Waals surface area contributed by atoms with E-state index in [1.807, 2.05) is 18.2 Å². The summed E-state index contributed by atoms with van der Waals surface area (Å²) >= 11 is 4.98. The van der Waals surface area contributed by atoms with Gasteiger partial charge in [-0.05, 0) is 39.9 Å². The van der Waals surface area contributed by atoms with Gasteiger partial charge in [0.2, 0.25) is 0 Å². The number of rotatable bonds is 5. The summed E-state index contributed by atoms with van der Waals surface area (Å²) in [4.78, 5) is 5.00. The maximum Gasteiger partial charge on any atom is 0.146 e. The molecule has 0 unspecified atom stereocenters. The van der Waals surface area contributed by atoms with Crippen molar-refractivity contribution in [2.75, 3.05) is 5.75 Å². The van der Waals surface area contributed by atoms with Gasteiger partial charge in [-0.1, -0.05) is 13.0 Å². The molecule has 1 aromatic carbocycles. The van der Waals surface area contributed by atoms with Gasteiger partial charge in [-0.25, -0.2) is 0 Å². The molecule has 0 bridgehead atoms. The lowest BCUT2D eigenvalue weighted by Gasteiger charge is -2.13. The molecule has 1 heterocycles. The molecule has 0 saturated carbocycles. The van der Waals surface area contributed by atoms with Crippen molar-refractivity contribution in [3.63, 3.8) is 0 Å². The van der Waals surface area contributed by atoms with Crippen molar-refractivity contribution in [3.05, 3.63) is 46.7 Å². The molecule has 0 fully saturated rings. The SMILES string of the molecule is CCSc1cccc(Oc2cncc(Br)c2)c1C(=N)N. The van der Waals surface area contributed by atoms with Gasteiger partial charge in [-0.2, -0.15) is 0 Å². The highest BCUT2D eigenvalue weighted by molar-refractivity contribution is 9.10. The van der Waals surface area contributed by atoms with E-state index in [0.29, 0.717) is 17.1 Å². The number of ether oxygens (including phenoxy) is 1. The van der Waals surface area contributed by atoms with Crippen molar-refractivity contribution in [1.82, 2.24) is 4.98 Å². The van der Waals surface area contributed by atoms with Crippen molar-refractivity contribution in [3.8, 4) is 11.5 Å². The zero-order chi connectivity index (χ0) is 14.5. The third-order valence-corrected chi connectivity index (χ3v) is 3.84. The van der Waals surface area contributed by atoms with Gasteiger partial charge in [0.1, 0.15) is 17.3 Å². The minimum atomic E-state index is -0.000457. The molecule has 3 N–H and O–H groups in total. The molecular formula is C14H14BrN3OS. The van der Waals surface area contributed by atoms with Crippen LogP contribution in [0.4, 0.5) is 0 Å². The van der Waals surface area contributed by atoms with Crippen LogP contribution in [-0.2, 0) is 0 Å². The lowest BCUT2D eigenvalue weighted by molar-refractivity contribution is 0.477. The van der Waals surface area contributed by atoms with E-state index in [-0.39, 0.29) is 5.84 Å². The molecule has 2 aromatic rings. The van der Waals surface area contributed by atoms with Crippen molar-refractivity contribution < 1.29 is 4.74 Å². The second-order valence-electron chi connectivity index (χ2n) is 3.92. The molecule has 1 aromatic heterocycles. The molecule has 0 aliphatic carbocycles. The van der Waals surface area contributed by atoms with Gasteiger partial charge in [0.25, 0.3) is 0 Å². The van der Waals surface area contributed by atoms with E-state index in [2.05, 4.69) is 27.8 Å². The molecular weight excluding hydrogens is 338 g/mol. The third-order valence-electron chi connectivity index (χ3n) is 2.46. The summed E-state index contributed by atoms with van der Waals surface area (Å²) in [6.45, 7) is 2.06. The molecule has 0 atom stereocenters. The average Bonchev–Trinajstić information content (AvgIpc) is 2.39. The Kier molecular flexibility index (Phi) is 5.03. The number of hydrogen-bond acceptors (Lipinski definition) is 4. The van der Waals surface area contributed by atoms with Gasteiger partial charge in [-0.15, -0.1) is 11.8 Å². The van der Waals surface area contributed by atoms with Crippen molar-refractivity contribution in [1.29, 1.82) is 5.41 Å². The fourth-order valence-corrected chi connectivity index (χ4v) is 2.90. The first-order chi connectivity index (χ1) is 9.61. The van der Waals surface area contributed by atoms with Gasteiger partial charge >= 0.3 is 0 Å². The first kappa shape index (κ1) is 14.9. The predicted octanol–water partition coefficient (Wildman–Crippen LogP) is 4.03. The van der Waals surface area contributed by atoms with Gasteiger partial charge in [-0.3, -0.25) is 10.4 Å². The van der Waals surface area contributed by atoms with Crippen LogP contribution in [0.3, 0.4) is 0 Å². The maximum absolute atomic E-state index is 7.76. The minimum Gasteiger partial charge on any atom is -0.455 e. The molecule has 2 rings (SSSR count). The number of nitrogens with one attached hydrogen (secondary N) is 1. The largest absolute Gasteiger partial charge is 0.455 e. The summed E-state index contributed by atoms with van der Waals surface area (Å²) < 4.78 is 6.64. The van der Waals surface area contributed by atoms with Crippen molar-refractivity contribution >= 4 is 33.5 Å². The smallest absolute Gasteiger partial charge is 0.146 e. The number of nitrogens with zero attached hydrogens (tertiary/aromatic N) is 1. The van der Waals surface area contributed by atoms with E-state index in [1.54, 1.807) is 30.2 Å². The second-order valence-corrected chi connectivity index (χ2v) is 6.14. The maximum atomic E-state index is 7.76. The number of nitrogen functional groups attached to an aromatic ring is 1. The van der Waals surface area contributed by atoms with Crippen LogP contribution >= 0.6 is 27.7 Å². The zero-order valence-electron chi connectivity index (χ0n) is 10.9. The Balaban J connectivity index is 2.40. The Hall–Kier alpha value is -1.53. The molecule has 0 spiro atoms. The Morgan fingerprint density at radius 3 is 2.90 bits per heavy atom. The van der Waals surface area contributed by atoms with E-state index in [9.17, 15) is 0 Å². The van der Waals surface area contributed by atoms with Crippen LogP contribution in [0.5, 0.6) is 11.5 Å². The fraction of sp³-hybridized carbons (Fsp3) is 0.143. The second kappa shape index (κ2) is 6.76. The van der Waals surface area contributed by atoms with Gasteiger partial charge in [0.15, 0.2) is 0 Å². The molecule has 0 radical (unpaired) electrons. The summed E-state index contributed by atoms with van der Waals surface area (Å²) in [6.07, 6.45) is 3.30. The highest BCUT2D eigenvalue weighted by Crippen LogP contribution is 2.33. The molecule has 104 valence electrons. The van der Waals surface area contributed by atoms with E-state index in [0.717, 1.165) is 15.1 Å². The summed E-state index contributed by atoms with van der Waals surface area (Å²) in [6, 6.07) is 7.45. The van der Waals surface area contributed by atoms with E-state index < -0.39 is 0 Å². The topological polar surface area (TPSA) is 72.0 Å². The minimum absolute atomic E-state index is 0.000457. The first-order valence-corrected chi connectivity index (χ1v) is 7.78. The van der Waals surface area contributed by atoms with Crippen LogP contribution < -0.4 is 10.5 Å². The average molecular weight is 352 g/mol. The van der Waals surface area contributed by atoms with Crippen LogP contribution in [0.1, 0.15) is 12.5 Å². The summed E-state index contributed by atoms with van der Waals surface area (Å²) in [5, 5.41) is 7.76. The van der Waals surface area contributed by atoms with Crippen LogP contribution in [-0.4, -0.2) is 16.6 Å². The summed E-state index contributed by atoms with van der Waals surface area (Å²) in [7, 11) is 0. The van der Waals surface area contributed by atoms with Gasteiger partial charge in [0.05, 0.1) is 11.8 Å². The molecule has 6 heteroatoms. The Morgan fingerprint density at radius 2 is 2.25 bits per heavy atom. The van der Waals surface area contributed by atoms with Gasteiger partial charge in [0, 0.05) is 15.6 Å². The van der Waals surface area contributed by atoms with Crippen molar-refractivity contribution in [2.45, 2.75) is 11.8 Å². The standard InChI is InChI=1S/C14H14BrN3OS/c1-2-20-12-5-3-4-11(13(12)14(16)17)19-10-6-9(15)7-18-8-10/h3-8H,2H2,1H3,(H3,16,17). The highest BCUT2D eigenvalue weighted by Gasteiger charge is 2.13. The van der Waals surface area contributed by atoms with E-state index in [4.69, 9.17) is 15.9 Å². The number of thioether (sulfide) groups is 1. The molecule has 0 amide bonds. The number of benzene rings is 1. The van der Waals surface area contributed by atoms with Crippen LogP contribution in [0.15, 0.2) is 46.0 Å². The van der Waals surface area contributed by atoms with Gasteiger partial charge < -0.3 is 10.5 Å². The molecule has 4 nitrogen and oxygen atoms in total. The molecule has 0 aliphatic heterocycles. The Morgan fingerprint density at radius 1 is 1.45 bits per heavy atom. The van der Waals surface area contributed by atoms with Crippen LogP contribution in [0.25, 0.3) is 0 Å². The lowest BCUT2D eigenvalue weighted by atomic mass is 10.2. The zero-order valence-corrected chi connectivity index (χ0v) is 13.3. The van der Waals surface area contributed by atoms with E-state index >= 15 is 0 Å². The predicted molar refractivity (Wildman–Crippen MR) is 85.9 cm³/mol. The summed E-state index contributed by atoms with van der Waals surface area (Å²) in [5.41, 5.74) is 6.32. The number of amidine groups is 1. The number of aromatic nitrogens is 1. The van der Waals surface area contributed by atoms with Crippen molar-refractivity contribution in [2.24, 2.45) is 5.73 Å². The third kappa shape index (κ3) is 3.52. The molecule has 0 aliphatic rings. The quantitative estimate of drug-likeness (QED) is 0.484. The van der Waals surface area contributed by atoms with Crippen LogP contribution in [0, 0.1) is 5.41 Å². The number of pyridine rings is 1. The first-order valence-electron chi connectivity index (χ1n) is 6.00. The number of halogens is 1. The lowest BCUT2D eigenvalue weighted by Crippen LogP contribution is -2.13. The van der Waals surface area contributed by atoms with Crippen LogP contribution in [0.2, 0.25) is 0 Å². The number of nitrogens with two attached hydrogens (primary N) is 1. The fourth-order valence-electron chi connectivity index (χ4n) is 1.71. The normalized spacial score (nSPS) is 10.3. The molecule has 20 heavy (non-hydrogen) atoms. The van der Waals surface area contributed by atoms with E-state index in [1.165, 1.54) is 0 Å².